The lowest BCUT2D eigenvalue weighted by Gasteiger charge is -2.14. The second kappa shape index (κ2) is 4.28. The first-order chi connectivity index (χ1) is 6.43. The van der Waals surface area contributed by atoms with Crippen molar-refractivity contribution in [2.75, 3.05) is 0 Å². The second-order valence-corrected chi connectivity index (χ2v) is 4.37. The van der Waals surface area contributed by atoms with Crippen LogP contribution in [0.4, 0.5) is 0 Å². The van der Waals surface area contributed by atoms with Crippen molar-refractivity contribution in [2.45, 2.75) is 39.7 Å². The molecule has 0 bridgehead atoms. The smallest absolute Gasteiger partial charge is 0.134 e. The number of aromatic nitrogens is 1. The van der Waals surface area contributed by atoms with Gasteiger partial charge in [-0.3, -0.25) is 0 Å². The molecule has 0 unspecified atom stereocenters. The first-order valence-corrected chi connectivity index (χ1v) is 5.23. The van der Waals surface area contributed by atoms with E-state index in [4.69, 9.17) is 17.3 Å². The number of halogens is 1. The predicted octanol–water partition coefficient (Wildman–Crippen LogP) is 3.19. The summed E-state index contributed by atoms with van der Waals surface area (Å²) in [5.41, 5.74) is 8.93. The van der Waals surface area contributed by atoms with Gasteiger partial charge in [-0.2, -0.15) is 0 Å². The number of aryl methyl sites for hydroxylation is 1. The Bertz CT molecular complexity index is 299. The fraction of sp³-hybridized carbons (Fsp3) is 0.545. The third-order valence-electron chi connectivity index (χ3n) is 2.27. The van der Waals surface area contributed by atoms with E-state index in [9.17, 15) is 0 Å². The van der Waals surface area contributed by atoms with Gasteiger partial charge in [0.1, 0.15) is 5.15 Å². The number of hydrogen-bond acceptors (Lipinski definition) is 2. The highest BCUT2D eigenvalue weighted by molar-refractivity contribution is 6.30. The predicted molar refractivity (Wildman–Crippen MR) is 60.7 cm³/mol. The van der Waals surface area contributed by atoms with Crippen LogP contribution in [0.15, 0.2) is 6.07 Å². The Morgan fingerprint density at radius 2 is 1.93 bits per heavy atom. The molecule has 0 aliphatic carbocycles. The molecule has 0 spiro atoms. The Morgan fingerprint density at radius 1 is 1.36 bits per heavy atom. The van der Waals surface area contributed by atoms with Crippen molar-refractivity contribution in [1.82, 2.24) is 4.98 Å². The van der Waals surface area contributed by atoms with E-state index in [1.165, 1.54) is 0 Å². The number of nitrogens with zero attached hydrogens (tertiary/aromatic N) is 1. The fourth-order valence-electron chi connectivity index (χ4n) is 1.53. The van der Waals surface area contributed by atoms with E-state index in [1.807, 2.05) is 19.9 Å². The molecule has 1 heterocycles. The molecule has 1 aromatic heterocycles. The molecule has 2 N–H and O–H groups in total. The van der Waals surface area contributed by atoms with Gasteiger partial charge in [0, 0.05) is 17.3 Å². The largest absolute Gasteiger partial charge is 0.324 e. The van der Waals surface area contributed by atoms with Crippen LogP contribution < -0.4 is 5.73 Å². The second-order valence-electron chi connectivity index (χ2n) is 4.01. The lowest BCUT2D eigenvalue weighted by molar-refractivity contribution is 0.777. The Morgan fingerprint density at radius 3 is 2.36 bits per heavy atom. The first-order valence-electron chi connectivity index (χ1n) is 4.86. The summed E-state index contributed by atoms with van der Waals surface area (Å²) in [6, 6.07) is 1.98. The molecular formula is C11H17ClN2. The van der Waals surface area contributed by atoms with E-state index in [0.29, 0.717) is 11.1 Å². The molecule has 2 nitrogen and oxygen atoms in total. The highest BCUT2D eigenvalue weighted by Gasteiger charge is 2.12. The van der Waals surface area contributed by atoms with Crippen molar-refractivity contribution in [2.24, 2.45) is 5.73 Å². The normalized spacial score (nSPS) is 13.4. The van der Waals surface area contributed by atoms with Gasteiger partial charge in [0.15, 0.2) is 0 Å². The minimum absolute atomic E-state index is 0.0603. The zero-order chi connectivity index (χ0) is 10.9. The minimum atomic E-state index is -0.0603. The zero-order valence-electron chi connectivity index (χ0n) is 9.13. The van der Waals surface area contributed by atoms with Crippen LogP contribution in [-0.2, 0) is 0 Å². The lowest BCUT2D eigenvalue weighted by atomic mass is 10.0. The average Bonchev–Trinajstić information content (AvgIpc) is 2.07. The number of nitrogens with two attached hydrogens (primary N) is 1. The van der Waals surface area contributed by atoms with E-state index in [0.717, 1.165) is 16.8 Å². The number of hydrogen-bond donors (Lipinski definition) is 1. The van der Waals surface area contributed by atoms with E-state index in [1.54, 1.807) is 0 Å². The van der Waals surface area contributed by atoms with E-state index in [2.05, 4.69) is 18.8 Å². The number of pyridine rings is 1. The molecule has 0 aliphatic rings. The zero-order valence-corrected chi connectivity index (χ0v) is 9.89. The summed E-state index contributed by atoms with van der Waals surface area (Å²) >= 11 is 6.05. The molecule has 0 aliphatic heterocycles. The summed E-state index contributed by atoms with van der Waals surface area (Å²) in [5, 5.41) is 0.536. The molecule has 0 amide bonds. The summed E-state index contributed by atoms with van der Waals surface area (Å²) in [6.45, 7) is 8.18. The quantitative estimate of drug-likeness (QED) is 0.765. The molecule has 0 aromatic carbocycles. The van der Waals surface area contributed by atoms with Crippen molar-refractivity contribution in [3.8, 4) is 0 Å². The Hall–Kier alpha value is -0.600. The van der Waals surface area contributed by atoms with Crippen LogP contribution in [0, 0.1) is 6.92 Å². The maximum atomic E-state index is 6.05. The van der Waals surface area contributed by atoms with E-state index >= 15 is 0 Å². The van der Waals surface area contributed by atoms with Gasteiger partial charge in [0.05, 0.1) is 0 Å². The van der Waals surface area contributed by atoms with E-state index in [-0.39, 0.29) is 6.04 Å². The van der Waals surface area contributed by atoms with Crippen LogP contribution in [0.1, 0.15) is 49.6 Å². The summed E-state index contributed by atoms with van der Waals surface area (Å²) in [6.07, 6.45) is 0. The lowest BCUT2D eigenvalue weighted by Crippen LogP contribution is -2.09. The maximum Gasteiger partial charge on any atom is 0.134 e. The molecule has 0 saturated heterocycles. The van der Waals surface area contributed by atoms with Crippen LogP contribution in [0.5, 0.6) is 0 Å². The maximum absolute atomic E-state index is 6.05. The van der Waals surface area contributed by atoms with Crippen molar-refractivity contribution in [1.29, 1.82) is 0 Å². The fourth-order valence-corrected chi connectivity index (χ4v) is 1.85. The van der Waals surface area contributed by atoms with Gasteiger partial charge >= 0.3 is 0 Å². The molecule has 1 atom stereocenters. The summed E-state index contributed by atoms with van der Waals surface area (Å²) in [7, 11) is 0. The molecule has 0 radical (unpaired) electrons. The van der Waals surface area contributed by atoms with Gasteiger partial charge in [-0.15, -0.1) is 0 Å². The monoisotopic (exact) mass is 212 g/mol. The molecule has 0 fully saturated rings. The summed E-state index contributed by atoms with van der Waals surface area (Å²) in [4.78, 5) is 4.38. The Labute approximate surface area is 90.5 Å². The van der Waals surface area contributed by atoms with Crippen LogP contribution in [-0.4, -0.2) is 4.98 Å². The Kier molecular flexibility index (Phi) is 3.51. The first kappa shape index (κ1) is 11.5. The summed E-state index contributed by atoms with van der Waals surface area (Å²) < 4.78 is 0. The number of rotatable bonds is 2. The third kappa shape index (κ3) is 2.25. The molecule has 1 aromatic rings. The van der Waals surface area contributed by atoms with Gasteiger partial charge in [-0.1, -0.05) is 25.4 Å². The van der Waals surface area contributed by atoms with Gasteiger partial charge in [-0.25, -0.2) is 4.98 Å². The summed E-state index contributed by atoms with van der Waals surface area (Å²) in [5.74, 6) is 0.398. The average molecular weight is 213 g/mol. The van der Waals surface area contributed by atoms with Crippen LogP contribution in [0.2, 0.25) is 5.15 Å². The van der Waals surface area contributed by atoms with Gasteiger partial charge in [0.2, 0.25) is 0 Å². The Balaban J connectivity index is 3.24. The SMILES string of the molecule is Cc1cc([C@@H](C)N)c(Cl)nc1C(C)C. The van der Waals surface area contributed by atoms with Crippen LogP contribution in [0.3, 0.4) is 0 Å². The van der Waals surface area contributed by atoms with Crippen LogP contribution in [0.25, 0.3) is 0 Å². The molecule has 3 heteroatoms. The van der Waals surface area contributed by atoms with Crippen LogP contribution >= 0.6 is 11.6 Å². The van der Waals surface area contributed by atoms with Crippen molar-refractivity contribution >= 4 is 11.6 Å². The molecular weight excluding hydrogens is 196 g/mol. The highest BCUT2D eigenvalue weighted by atomic mass is 35.5. The molecule has 1 rings (SSSR count). The molecule has 0 saturated carbocycles. The van der Waals surface area contributed by atoms with Gasteiger partial charge in [0.25, 0.3) is 0 Å². The van der Waals surface area contributed by atoms with Crippen molar-refractivity contribution < 1.29 is 0 Å². The van der Waals surface area contributed by atoms with E-state index < -0.39 is 0 Å². The van der Waals surface area contributed by atoms with Gasteiger partial charge in [-0.05, 0) is 31.4 Å². The topological polar surface area (TPSA) is 38.9 Å². The highest BCUT2D eigenvalue weighted by Crippen LogP contribution is 2.25. The minimum Gasteiger partial charge on any atom is -0.324 e. The standard InChI is InChI=1S/C11H17ClN2/c1-6(2)10-7(3)5-9(8(4)13)11(12)14-10/h5-6,8H,13H2,1-4H3/t8-/m1/s1. The van der Waals surface area contributed by atoms with Crippen molar-refractivity contribution in [3.05, 3.63) is 28.0 Å². The molecule has 14 heavy (non-hydrogen) atoms. The molecule has 78 valence electrons. The van der Waals surface area contributed by atoms with Crippen molar-refractivity contribution in [3.63, 3.8) is 0 Å². The van der Waals surface area contributed by atoms with Gasteiger partial charge < -0.3 is 5.73 Å². The third-order valence-corrected chi connectivity index (χ3v) is 2.57.